The van der Waals surface area contributed by atoms with E-state index in [1.54, 1.807) is 24.3 Å². The summed E-state index contributed by atoms with van der Waals surface area (Å²) in [7, 11) is 1.29. The van der Waals surface area contributed by atoms with Crippen molar-refractivity contribution in [2.45, 2.75) is 6.61 Å². The van der Waals surface area contributed by atoms with E-state index < -0.39 is 22.7 Å². The number of carbonyl (C=O) groups is 2. The Hall–Kier alpha value is -3.42. The minimum Gasteiger partial charge on any atom is -0.465 e. The number of nitrogens with zero attached hydrogens (tertiary/aromatic N) is 1. The zero-order chi connectivity index (χ0) is 17.5. The van der Waals surface area contributed by atoms with Crippen molar-refractivity contribution >= 4 is 23.9 Å². The van der Waals surface area contributed by atoms with Crippen LogP contribution in [-0.4, -0.2) is 24.0 Å². The van der Waals surface area contributed by atoms with E-state index in [1.165, 1.54) is 25.3 Å². The number of benzene rings is 1. The fourth-order valence-corrected chi connectivity index (χ4v) is 1.74. The Kier molecular flexibility index (Phi) is 5.45. The first-order chi connectivity index (χ1) is 11.5. The molecule has 0 fully saturated rings. The van der Waals surface area contributed by atoms with E-state index in [-0.39, 0.29) is 12.4 Å². The second-order valence-electron chi connectivity index (χ2n) is 4.56. The van der Waals surface area contributed by atoms with Crippen LogP contribution in [0.1, 0.15) is 21.7 Å². The first-order valence-electron chi connectivity index (χ1n) is 6.76. The monoisotopic (exact) mass is 331 g/mol. The molecule has 0 saturated carbocycles. The highest BCUT2D eigenvalue weighted by atomic mass is 16.6. The molecule has 0 unspecified atom stereocenters. The molecule has 0 bridgehead atoms. The molecule has 0 atom stereocenters. The Morgan fingerprint density at radius 3 is 2.50 bits per heavy atom. The van der Waals surface area contributed by atoms with Crippen molar-refractivity contribution in [3.8, 4) is 0 Å². The van der Waals surface area contributed by atoms with Crippen LogP contribution in [-0.2, 0) is 20.9 Å². The van der Waals surface area contributed by atoms with Crippen molar-refractivity contribution in [1.82, 2.24) is 0 Å². The summed E-state index contributed by atoms with van der Waals surface area (Å²) in [5.41, 5.74) is 1.09. The Balaban J connectivity index is 1.87. The van der Waals surface area contributed by atoms with Gasteiger partial charge in [-0.1, -0.05) is 12.1 Å². The molecule has 0 aliphatic carbocycles. The Morgan fingerprint density at radius 1 is 1.21 bits per heavy atom. The molecular formula is C16H13NO7. The van der Waals surface area contributed by atoms with Crippen LogP contribution < -0.4 is 0 Å². The van der Waals surface area contributed by atoms with E-state index in [1.807, 2.05) is 0 Å². The highest BCUT2D eigenvalue weighted by molar-refractivity contribution is 5.89. The van der Waals surface area contributed by atoms with Gasteiger partial charge in [0.25, 0.3) is 0 Å². The predicted octanol–water partition coefficient (Wildman–Crippen LogP) is 2.73. The van der Waals surface area contributed by atoms with Crippen LogP contribution in [0.3, 0.4) is 0 Å². The quantitative estimate of drug-likeness (QED) is 0.346. The summed E-state index contributed by atoms with van der Waals surface area (Å²) in [4.78, 5) is 32.7. The number of hydrogen-bond acceptors (Lipinski definition) is 7. The molecule has 0 amide bonds. The van der Waals surface area contributed by atoms with Crippen LogP contribution >= 0.6 is 0 Å². The third-order valence-electron chi connectivity index (χ3n) is 2.93. The van der Waals surface area contributed by atoms with Gasteiger partial charge in [-0.3, -0.25) is 10.1 Å². The van der Waals surface area contributed by atoms with Gasteiger partial charge in [0.05, 0.1) is 18.7 Å². The molecule has 2 rings (SSSR count). The Labute approximate surface area is 136 Å². The van der Waals surface area contributed by atoms with E-state index in [4.69, 9.17) is 9.15 Å². The predicted molar refractivity (Wildman–Crippen MR) is 82.0 cm³/mol. The fraction of sp³-hybridized carbons (Fsp3) is 0.125. The van der Waals surface area contributed by atoms with Gasteiger partial charge >= 0.3 is 17.8 Å². The van der Waals surface area contributed by atoms with E-state index in [0.29, 0.717) is 11.1 Å². The third kappa shape index (κ3) is 4.54. The lowest BCUT2D eigenvalue weighted by molar-refractivity contribution is -0.402. The summed E-state index contributed by atoms with van der Waals surface area (Å²) in [5.74, 6) is -1.32. The summed E-state index contributed by atoms with van der Waals surface area (Å²) in [6.07, 6.45) is 2.38. The zero-order valence-corrected chi connectivity index (χ0v) is 12.6. The summed E-state index contributed by atoms with van der Waals surface area (Å²) in [6, 6.07) is 8.96. The standard InChI is InChI=1S/C16H13NO7/c1-22-16(19)12-4-2-11(3-5-12)10-23-15(18)9-7-13-6-8-14(24-13)17(20)21/h2-9H,10H2,1H3/b9-7+. The molecule has 1 aromatic heterocycles. The lowest BCUT2D eigenvalue weighted by Gasteiger charge is -2.03. The van der Waals surface area contributed by atoms with E-state index >= 15 is 0 Å². The SMILES string of the molecule is COC(=O)c1ccc(COC(=O)/C=C/c2ccc([N+](=O)[O-])o2)cc1. The van der Waals surface area contributed by atoms with Crippen molar-refractivity contribution in [3.63, 3.8) is 0 Å². The Bertz CT molecular complexity index is 774. The van der Waals surface area contributed by atoms with Crippen molar-refractivity contribution in [2.24, 2.45) is 0 Å². The number of methoxy groups -OCH3 is 1. The van der Waals surface area contributed by atoms with E-state index in [2.05, 4.69) is 4.74 Å². The number of esters is 2. The molecule has 0 aliphatic heterocycles. The van der Waals surface area contributed by atoms with Crippen LogP contribution in [0.15, 0.2) is 46.9 Å². The van der Waals surface area contributed by atoms with Crippen LogP contribution in [0.25, 0.3) is 6.08 Å². The van der Waals surface area contributed by atoms with Gasteiger partial charge in [-0.25, -0.2) is 9.59 Å². The first kappa shape index (κ1) is 16.9. The summed E-state index contributed by atoms with van der Waals surface area (Å²) in [6.45, 7) is 0.0168. The molecule has 0 aliphatic rings. The molecular weight excluding hydrogens is 318 g/mol. The average Bonchev–Trinajstić information content (AvgIpc) is 3.07. The maximum Gasteiger partial charge on any atom is 0.433 e. The number of nitro groups is 1. The maximum absolute atomic E-state index is 11.6. The van der Waals surface area contributed by atoms with Crippen molar-refractivity contribution in [3.05, 3.63) is 69.5 Å². The van der Waals surface area contributed by atoms with Crippen LogP contribution in [0, 0.1) is 10.1 Å². The lowest BCUT2D eigenvalue weighted by atomic mass is 10.1. The maximum atomic E-state index is 11.6. The summed E-state index contributed by atoms with van der Waals surface area (Å²) >= 11 is 0. The number of carbonyl (C=O) groups excluding carboxylic acids is 2. The lowest BCUT2D eigenvalue weighted by Crippen LogP contribution is -2.03. The van der Waals surface area contributed by atoms with Gasteiger partial charge < -0.3 is 13.9 Å². The molecule has 8 nitrogen and oxygen atoms in total. The Morgan fingerprint density at radius 2 is 1.92 bits per heavy atom. The van der Waals surface area contributed by atoms with Crippen LogP contribution in [0.5, 0.6) is 0 Å². The number of hydrogen-bond donors (Lipinski definition) is 0. The normalized spacial score (nSPS) is 10.5. The second-order valence-corrected chi connectivity index (χ2v) is 4.56. The first-order valence-corrected chi connectivity index (χ1v) is 6.76. The second kappa shape index (κ2) is 7.73. The zero-order valence-electron chi connectivity index (χ0n) is 12.6. The molecule has 1 heterocycles. The molecule has 0 spiro atoms. The van der Waals surface area contributed by atoms with Crippen molar-refractivity contribution < 1.29 is 28.4 Å². The van der Waals surface area contributed by atoms with Gasteiger partial charge in [-0.05, 0) is 29.8 Å². The molecule has 8 heteroatoms. The van der Waals surface area contributed by atoms with E-state index in [9.17, 15) is 19.7 Å². The van der Waals surface area contributed by atoms with Crippen molar-refractivity contribution in [2.75, 3.05) is 7.11 Å². The molecule has 0 radical (unpaired) electrons. The van der Waals surface area contributed by atoms with Gasteiger partial charge in [-0.15, -0.1) is 0 Å². The van der Waals surface area contributed by atoms with Crippen LogP contribution in [0.4, 0.5) is 5.88 Å². The van der Waals surface area contributed by atoms with Gasteiger partial charge in [0.2, 0.25) is 0 Å². The largest absolute Gasteiger partial charge is 0.465 e. The van der Waals surface area contributed by atoms with Crippen LogP contribution in [0.2, 0.25) is 0 Å². The number of rotatable bonds is 6. The number of ether oxygens (including phenoxy) is 2. The summed E-state index contributed by atoms with van der Waals surface area (Å²) < 4.78 is 14.5. The van der Waals surface area contributed by atoms with Crippen molar-refractivity contribution in [1.29, 1.82) is 0 Å². The van der Waals surface area contributed by atoms with Gasteiger partial charge in [0, 0.05) is 6.08 Å². The molecule has 24 heavy (non-hydrogen) atoms. The number of furan rings is 1. The minimum atomic E-state index is -0.673. The van der Waals surface area contributed by atoms with Gasteiger partial charge in [0.1, 0.15) is 17.3 Å². The smallest absolute Gasteiger partial charge is 0.433 e. The molecule has 2 aromatic rings. The fourth-order valence-electron chi connectivity index (χ4n) is 1.74. The van der Waals surface area contributed by atoms with Gasteiger partial charge in [0.15, 0.2) is 0 Å². The van der Waals surface area contributed by atoms with Gasteiger partial charge in [-0.2, -0.15) is 0 Å². The molecule has 0 saturated heterocycles. The summed E-state index contributed by atoms with van der Waals surface area (Å²) in [5, 5.41) is 10.5. The molecule has 0 N–H and O–H groups in total. The average molecular weight is 331 g/mol. The topological polar surface area (TPSA) is 109 Å². The van der Waals surface area contributed by atoms with E-state index in [0.717, 1.165) is 6.08 Å². The third-order valence-corrected chi connectivity index (χ3v) is 2.93. The molecule has 124 valence electrons. The minimum absolute atomic E-state index is 0.0168. The molecule has 1 aromatic carbocycles. The highest BCUT2D eigenvalue weighted by Crippen LogP contribution is 2.16. The highest BCUT2D eigenvalue weighted by Gasteiger charge is 2.10.